The standard InChI is InChI=1S/C82H146N6O28/c1-50-41-58(49-108-7)88(44-50)69(98)32-9-8-17-35-85-78(107)57(43-61(94)60(87-68(97)31-16-24-40-112-82-55(6)73(102)76(105)65(48-92)116-82)28-12-20-34-84-67(96)30-15-23-39-111-81-54(5)72(101)75(104)64(47-91)115-81)26-11-19-36-86-77(106)56(42-59(93)27-13-21-37-109-79-52(3)51(2)70(99)62(45-89)113-79)25-10-18-33-83-66(95)29-14-22-38-110-80-53(4)71(100)74(103)63(46-90)114-80/h50-58,60,62-65,70-76,79-82,89-92,99-105H,8-49H2,1-7H3,(H,83,95)(H,84,96)(H,85,107)(H,86,106)(H,87,97)/t50-,51-,52?,53?,54?,55?,56?,57?,58+,60?,62?,63?,64?,65?,70-,71-,72-,73-,74+,75+,76+,79-,80-,81-,82-/m1/s1. The van der Waals surface area contributed by atoms with Crippen LogP contribution in [0, 0.1) is 47.3 Å². The number of carbonyl (C=O) groups excluding carboxylic acids is 8. The van der Waals surface area contributed by atoms with Gasteiger partial charge in [-0.3, -0.25) is 38.4 Å². The summed E-state index contributed by atoms with van der Waals surface area (Å²) in [6.07, 6.45) is -4.97. The largest absolute Gasteiger partial charge is 0.394 e. The molecule has 34 nitrogen and oxygen atoms in total. The van der Waals surface area contributed by atoms with Crippen molar-refractivity contribution >= 4 is 47.0 Å². The van der Waals surface area contributed by atoms with E-state index in [2.05, 4.69) is 33.5 Å². The Kier molecular flexibility index (Phi) is 49.3. The number of ether oxygens (including phenoxy) is 9. The Hall–Kier alpha value is -4.64. The van der Waals surface area contributed by atoms with Crippen molar-refractivity contribution in [2.75, 3.05) is 99.3 Å². The summed E-state index contributed by atoms with van der Waals surface area (Å²) in [5, 5.41) is 126. The first-order chi connectivity index (χ1) is 55.6. The monoisotopic (exact) mass is 1660 g/mol. The van der Waals surface area contributed by atoms with E-state index in [-0.39, 0.29) is 163 Å². The van der Waals surface area contributed by atoms with E-state index in [4.69, 9.17) is 42.6 Å². The number of rotatable bonds is 59. The Labute approximate surface area is 685 Å². The van der Waals surface area contributed by atoms with Crippen LogP contribution < -0.4 is 26.6 Å². The molecule has 5 aliphatic rings. The van der Waals surface area contributed by atoms with Gasteiger partial charge in [0, 0.05) is 147 Å². The first-order valence-electron chi connectivity index (χ1n) is 43.1. The molecule has 5 aliphatic heterocycles. The third-order valence-electron chi connectivity index (χ3n) is 23.5. The highest BCUT2D eigenvalue weighted by molar-refractivity contribution is 5.92. The SMILES string of the molecule is COC[C@@H]1C[C@@H](C)CN1C(=O)CCCCCNC(=O)C(CCCCNC(=O)C(CCCCNC(=O)CCCCO[C@@H]1OC(CO)[C@H](O)[C@H](O)C1C)CC(=O)CCCCO[C@@H]1OC(CO)[C@H](O)[C@H](C)C1C)CC(=O)C(CCCCNC(=O)CCCCO[C@@H]1OC(CO)[C@H](O)[C@H](O)C1C)NC(=O)CCCCO[C@@H]1OC(CO)[C@H](O)[C@H](O)C1C. The number of nitrogens with zero attached hydrogens (tertiary/aromatic N) is 1. The molecule has 0 aromatic carbocycles. The summed E-state index contributed by atoms with van der Waals surface area (Å²) in [5.41, 5.74) is 0. The molecule has 5 heterocycles. The van der Waals surface area contributed by atoms with Crippen molar-refractivity contribution in [1.29, 1.82) is 0 Å². The predicted molar refractivity (Wildman–Crippen MR) is 421 cm³/mol. The lowest BCUT2D eigenvalue weighted by molar-refractivity contribution is -0.282. The molecule has 25 atom stereocenters. The second kappa shape index (κ2) is 56.1. The zero-order valence-corrected chi connectivity index (χ0v) is 69.9. The average molecular weight is 1660 g/mol. The molecule has 6 amide bonds. The molecular formula is C82H146N6O28. The van der Waals surface area contributed by atoms with Crippen LogP contribution in [0.25, 0.3) is 0 Å². The summed E-state index contributed by atoms with van der Waals surface area (Å²) in [6.45, 7) is 12.0. The fourth-order valence-corrected chi connectivity index (χ4v) is 15.6. The van der Waals surface area contributed by atoms with Crippen LogP contribution in [0.15, 0.2) is 0 Å². The number of aliphatic hydroxyl groups is 11. The van der Waals surface area contributed by atoms with Crippen LogP contribution in [-0.2, 0) is 81.0 Å². The minimum absolute atomic E-state index is 0.00469. The van der Waals surface area contributed by atoms with Gasteiger partial charge in [-0.15, -0.1) is 0 Å². The maximum Gasteiger partial charge on any atom is 0.223 e. The second-order valence-corrected chi connectivity index (χ2v) is 32.9. The zero-order chi connectivity index (χ0) is 85.2. The van der Waals surface area contributed by atoms with Gasteiger partial charge in [-0.2, -0.15) is 0 Å². The number of carbonyl (C=O) groups is 8. The van der Waals surface area contributed by atoms with Crippen molar-refractivity contribution < 1.29 is 137 Å². The molecule has 34 heteroatoms. The van der Waals surface area contributed by atoms with Crippen LogP contribution in [0.3, 0.4) is 0 Å². The van der Waals surface area contributed by atoms with Crippen molar-refractivity contribution in [2.24, 2.45) is 47.3 Å². The molecule has 16 N–H and O–H groups in total. The Balaban J connectivity index is 1.20. The van der Waals surface area contributed by atoms with Gasteiger partial charge in [0.05, 0.1) is 69.5 Å². The summed E-state index contributed by atoms with van der Waals surface area (Å²) < 4.78 is 51.6. The summed E-state index contributed by atoms with van der Waals surface area (Å²) in [6, 6.07) is -0.998. The quantitative estimate of drug-likeness (QED) is 0.0382. The molecule has 0 aliphatic carbocycles. The van der Waals surface area contributed by atoms with Gasteiger partial charge in [-0.25, -0.2) is 0 Å². The van der Waals surface area contributed by atoms with Crippen molar-refractivity contribution in [1.82, 2.24) is 31.5 Å². The second-order valence-electron chi connectivity index (χ2n) is 32.9. The normalized spacial score (nSPS) is 30.3. The number of likely N-dealkylation sites (tertiary alicyclic amines) is 1. The van der Waals surface area contributed by atoms with E-state index in [0.717, 1.165) is 6.42 Å². The molecule has 5 saturated heterocycles. The molecule has 0 radical (unpaired) electrons. The molecule has 116 heavy (non-hydrogen) atoms. The van der Waals surface area contributed by atoms with E-state index in [1.165, 1.54) is 0 Å². The Bertz CT molecular complexity index is 2820. The Morgan fingerprint density at radius 2 is 0.767 bits per heavy atom. The van der Waals surface area contributed by atoms with Crippen LogP contribution in [-0.4, -0.2) is 312 Å². The minimum atomic E-state index is -1.30. The van der Waals surface area contributed by atoms with Crippen LogP contribution in [0.5, 0.6) is 0 Å². The fourth-order valence-electron chi connectivity index (χ4n) is 15.6. The summed E-state index contributed by atoms with van der Waals surface area (Å²) in [7, 11) is 1.62. The maximum atomic E-state index is 14.7. The fraction of sp³-hybridized carbons (Fsp3) is 0.902. The number of ketones is 2. The lowest BCUT2D eigenvalue weighted by Crippen LogP contribution is -2.55. The highest BCUT2D eigenvalue weighted by atomic mass is 16.7. The van der Waals surface area contributed by atoms with Crippen molar-refractivity contribution in [3.63, 3.8) is 0 Å². The molecule has 11 unspecified atom stereocenters. The zero-order valence-electron chi connectivity index (χ0n) is 69.9. The molecule has 672 valence electrons. The number of nitrogens with one attached hydrogen (secondary N) is 5. The van der Waals surface area contributed by atoms with Gasteiger partial charge in [-0.1, -0.05) is 60.8 Å². The molecule has 0 spiro atoms. The van der Waals surface area contributed by atoms with Gasteiger partial charge in [-0.05, 0) is 127 Å². The number of methoxy groups -OCH3 is 1. The predicted octanol–water partition coefficient (Wildman–Crippen LogP) is 1.36. The van der Waals surface area contributed by atoms with Crippen molar-refractivity contribution in [3.8, 4) is 0 Å². The van der Waals surface area contributed by atoms with Gasteiger partial charge >= 0.3 is 0 Å². The lowest BCUT2D eigenvalue weighted by atomic mass is 9.85. The van der Waals surface area contributed by atoms with Crippen molar-refractivity contribution in [3.05, 3.63) is 0 Å². The smallest absolute Gasteiger partial charge is 0.223 e. The van der Waals surface area contributed by atoms with Gasteiger partial charge in [0.2, 0.25) is 35.4 Å². The van der Waals surface area contributed by atoms with Crippen LogP contribution >= 0.6 is 0 Å². The van der Waals surface area contributed by atoms with Crippen molar-refractivity contribution in [2.45, 2.75) is 326 Å². The summed E-state index contributed by atoms with van der Waals surface area (Å²) in [4.78, 5) is 112. The maximum absolute atomic E-state index is 14.7. The first kappa shape index (κ1) is 102. The molecule has 5 fully saturated rings. The van der Waals surface area contributed by atoms with E-state index >= 15 is 0 Å². The van der Waals surface area contributed by atoms with E-state index in [9.17, 15) is 94.5 Å². The average Bonchev–Trinajstić information content (AvgIpc) is 1.21. The number of amides is 6. The van der Waals surface area contributed by atoms with Gasteiger partial charge in [0.25, 0.3) is 0 Å². The Morgan fingerprint density at radius 1 is 0.397 bits per heavy atom. The van der Waals surface area contributed by atoms with Crippen LogP contribution in [0.2, 0.25) is 0 Å². The van der Waals surface area contributed by atoms with E-state index in [1.807, 2.05) is 18.7 Å². The van der Waals surface area contributed by atoms with Crippen LogP contribution in [0.1, 0.15) is 221 Å². The molecular weight excluding hydrogens is 1520 g/mol. The van der Waals surface area contributed by atoms with Gasteiger partial charge < -0.3 is 130 Å². The first-order valence-corrected chi connectivity index (χ1v) is 43.1. The van der Waals surface area contributed by atoms with E-state index in [1.54, 1.807) is 27.9 Å². The summed E-state index contributed by atoms with van der Waals surface area (Å²) >= 11 is 0. The lowest BCUT2D eigenvalue weighted by Gasteiger charge is -2.41. The molecule has 5 rings (SSSR count). The summed E-state index contributed by atoms with van der Waals surface area (Å²) in [5.74, 6) is -5.27. The molecule has 0 aromatic rings. The topological polar surface area (TPSA) is 506 Å². The minimum Gasteiger partial charge on any atom is -0.394 e. The number of hydrogen-bond donors (Lipinski definition) is 16. The highest BCUT2D eigenvalue weighted by Gasteiger charge is 2.46. The molecule has 0 aromatic heterocycles. The highest BCUT2D eigenvalue weighted by Crippen LogP contribution is 2.34. The Morgan fingerprint density at radius 3 is 1.20 bits per heavy atom. The molecule has 0 saturated carbocycles. The van der Waals surface area contributed by atoms with Gasteiger partial charge in [0.15, 0.2) is 30.9 Å². The number of aliphatic hydroxyl groups excluding tert-OH is 11. The third-order valence-corrected chi connectivity index (χ3v) is 23.5. The number of Topliss-reactive ketones (excluding diaryl/α,β-unsaturated/α-hetero) is 2. The number of unbranched alkanes of at least 4 members (excludes halogenated alkanes) is 9. The number of hydrogen-bond acceptors (Lipinski definition) is 28. The van der Waals surface area contributed by atoms with Gasteiger partial charge in [0.1, 0.15) is 48.5 Å². The van der Waals surface area contributed by atoms with E-state index < -0.39 is 154 Å². The molecule has 0 bridgehead atoms. The van der Waals surface area contributed by atoms with E-state index in [0.29, 0.717) is 148 Å². The third kappa shape index (κ3) is 35.1. The van der Waals surface area contributed by atoms with Crippen LogP contribution in [0.4, 0.5) is 0 Å².